The average Bonchev–Trinajstić information content (AvgIpc) is 3.42. The molecule has 0 spiro atoms. The highest BCUT2D eigenvalue weighted by molar-refractivity contribution is 5.71. The quantitative estimate of drug-likeness (QED) is 0.0261. The molecule has 76 heavy (non-hydrogen) atoms. The third kappa shape index (κ3) is 61.7. The first-order valence-corrected chi connectivity index (χ1v) is 32.9. The van der Waals surface area contributed by atoms with Crippen LogP contribution in [-0.4, -0.2) is 37.2 Å². The molecule has 0 bridgehead atoms. The topological polar surface area (TPSA) is 78.9 Å². The average molecular weight is 1060 g/mol. The Kier molecular flexibility index (Phi) is 61.7. The molecule has 0 aromatic heterocycles. The van der Waals surface area contributed by atoms with E-state index in [1.807, 2.05) is 0 Å². The number of hydrogen-bond acceptors (Lipinski definition) is 6. The standard InChI is InChI=1S/C70H124O6/c1-4-7-10-13-16-19-22-24-26-28-30-31-32-33-34-35-36-37-38-39-40-42-43-45-48-51-54-57-60-63-69(72)75-66-67(65-74-68(71)62-59-56-53-50-47-21-18-15-12-9-6-3)76-70(73)64-61-58-55-52-49-46-44-41-29-27-25-23-20-17-14-11-8-5-2/h7,10,15-16,18-19,24,26,30-31,33-34,67H,4-6,8-9,11-14,17,20-23,25,27-29,32,35-66H2,1-3H3/b10-7-,18-15-,19-16-,26-24-,31-30-,34-33-. The Balaban J connectivity index is 4.19. The van der Waals surface area contributed by atoms with Gasteiger partial charge >= 0.3 is 17.9 Å². The summed E-state index contributed by atoms with van der Waals surface area (Å²) in [6, 6.07) is 0. The summed E-state index contributed by atoms with van der Waals surface area (Å²) in [6.07, 6.45) is 83.5. The zero-order valence-corrected chi connectivity index (χ0v) is 50.5. The molecule has 0 rings (SSSR count). The fraction of sp³-hybridized carbons (Fsp3) is 0.786. The number of ether oxygens (including phenoxy) is 3. The molecule has 1 unspecified atom stereocenters. The van der Waals surface area contributed by atoms with Crippen LogP contribution < -0.4 is 0 Å². The summed E-state index contributed by atoms with van der Waals surface area (Å²) in [4.78, 5) is 38.3. The lowest BCUT2D eigenvalue weighted by molar-refractivity contribution is -0.167. The summed E-state index contributed by atoms with van der Waals surface area (Å²) in [5.41, 5.74) is 0. The van der Waals surface area contributed by atoms with Crippen LogP contribution in [0.1, 0.15) is 335 Å². The summed E-state index contributed by atoms with van der Waals surface area (Å²) >= 11 is 0. The SMILES string of the molecule is CC/C=C\C/C=C\C/C=C\C/C=C\C/C=C\CCCCCCCCCCCCCCCC(=O)OCC(COC(=O)CCCCCCC/C=C\CCCC)OC(=O)CCCCCCCCCCCCCCCCCCCC. The van der Waals surface area contributed by atoms with Crippen LogP contribution in [0, 0.1) is 0 Å². The predicted molar refractivity (Wildman–Crippen MR) is 330 cm³/mol. The van der Waals surface area contributed by atoms with Crippen LogP contribution in [0.4, 0.5) is 0 Å². The molecule has 440 valence electrons. The monoisotopic (exact) mass is 1060 g/mol. The van der Waals surface area contributed by atoms with Crippen LogP contribution >= 0.6 is 0 Å². The van der Waals surface area contributed by atoms with Gasteiger partial charge in [0, 0.05) is 19.3 Å². The molecule has 0 aliphatic carbocycles. The van der Waals surface area contributed by atoms with Crippen LogP contribution in [-0.2, 0) is 28.6 Å². The lowest BCUT2D eigenvalue weighted by Crippen LogP contribution is -2.30. The number of rotatable bonds is 60. The van der Waals surface area contributed by atoms with E-state index in [4.69, 9.17) is 14.2 Å². The van der Waals surface area contributed by atoms with E-state index in [1.165, 1.54) is 199 Å². The van der Waals surface area contributed by atoms with Gasteiger partial charge in [-0.3, -0.25) is 14.4 Å². The normalized spacial score (nSPS) is 12.5. The predicted octanol–water partition coefficient (Wildman–Crippen LogP) is 22.5. The highest BCUT2D eigenvalue weighted by atomic mass is 16.6. The maximum absolute atomic E-state index is 12.9. The Morgan fingerprint density at radius 2 is 0.526 bits per heavy atom. The minimum absolute atomic E-state index is 0.0744. The van der Waals surface area contributed by atoms with Crippen LogP contribution in [0.5, 0.6) is 0 Å². The van der Waals surface area contributed by atoms with Crippen molar-refractivity contribution in [1.82, 2.24) is 0 Å². The van der Waals surface area contributed by atoms with Gasteiger partial charge in [0.1, 0.15) is 13.2 Å². The Labute approximate surface area is 472 Å². The van der Waals surface area contributed by atoms with Gasteiger partial charge in [0.15, 0.2) is 6.10 Å². The number of unbranched alkanes of at least 4 members (excludes halogenated alkanes) is 37. The first kappa shape index (κ1) is 72.8. The van der Waals surface area contributed by atoms with Crippen molar-refractivity contribution < 1.29 is 28.6 Å². The molecule has 0 heterocycles. The molecule has 0 saturated heterocycles. The van der Waals surface area contributed by atoms with E-state index in [-0.39, 0.29) is 31.1 Å². The van der Waals surface area contributed by atoms with E-state index in [2.05, 4.69) is 93.7 Å². The molecule has 0 aliphatic heterocycles. The fourth-order valence-corrected chi connectivity index (χ4v) is 9.51. The van der Waals surface area contributed by atoms with Crippen molar-refractivity contribution in [3.8, 4) is 0 Å². The van der Waals surface area contributed by atoms with Gasteiger partial charge < -0.3 is 14.2 Å². The Morgan fingerprint density at radius 1 is 0.276 bits per heavy atom. The molecule has 0 radical (unpaired) electrons. The first-order valence-electron chi connectivity index (χ1n) is 32.9. The Bertz CT molecular complexity index is 1400. The minimum atomic E-state index is -0.776. The molecule has 0 saturated carbocycles. The zero-order valence-electron chi connectivity index (χ0n) is 50.5. The lowest BCUT2D eigenvalue weighted by atomic mass is 10.0. The van der Waals surface area contributed by atoms with Gasteiger partial charge in [-0.1, -0.05) is 306 Å². The minimum Gasteiger partial charge on any atom is -0.462 e. The van der Waals surface area contributed by atoms with Crippen LogP contribution in [0.3, 0.4) is 0 Å². The van der Waals surface area contributed by atoms with Crippen molar-refractivity contribution in [2.75, 3.05) is 13.2 Å². The fourth-order valence-electron chi connectivity index (χ4n) is 9.51. The van der Waals surface area contributed by atoms with Gasteiger partial charge in [0.05, 0.1) is 0 Å². The van der Waals surface area contributed by atoms with Gasteiger partial charge in [-0.15, -0.1) is 0 Å². The van der Waals surface area contributed by atoms with Gasteiger partial charge in [0.25, 0.3) is 0 Å². The second-order valence-electron chi connectivity index (χ2n) is 22.0. The molecular weight excluding hydrogens is 937 g/mol. The maximum atomic E-state index is 12.9. The second-order valence-corrected chi connectivity index (χ2v) is 22.0. The van der Waals surface area contributed by atoms with Crippen molar-refractivity contribution >= 4 is 17.9 Å². The van der Waals surface area contributed by atoms with Crippen molar-refractivity contribution in [3.63, 3.8) is 0 Å². The highest BCUT2D eigenvalue weighted by Crippen LogP contribution is 2.17. The number of carbonyl (C=O) groups is 3. The number of allylic oxidation sites excluding steroid dienone is 12. The maximum Gasteiger partial charge on any atom is 0.306 e. The van der Waals surface area contributed by atoms with E-state index in [0.717, 1.165) is 96.3 Å². The summed E-state index contributed by atoms with van der Waals surface area (Å²) in [6.45, 7) is 6.53. The summed E-state index contributed by atoms with van der Waals surface area (Å²) in [5, 5.41) is 0. The molecule has 1 atom stereocenters. The van der Waals surface area contributed by atoms with E-state index >= 15 is 0 Å². The second kappa shape index (κ2) is 64.4. The summed E-state index contributed by atoms with van der Waals surface area (Å²) in [5.74, 6) is -0.867. The number of carbonyl (C=O) groups excluding carboxylic acids is 3. The van der Waals surface area contributed by atoms with Gasteiger partial charge in [-0.25, -0.2) is 0 Å². The first-order chi connectivity index (χ1) is 37.5. The zero-order chi connectivity index (χ0) is 55.0. The highest BCUT2D eigenvalue weighted by Gasteiger charge is 2.19. The Morgan fingerprint density at radius 3 is 0.855 bits per heavy atom. The lowest BCUT2D eigenvalue weighted by Gasteiger charge is -2.18. The summed E-state index contributed by atoms with van der Waals surface area (Å²) in [7, 11) is 0. The molecule has 0 aliphatic rings. The van der Waals surface area contributed by atoms with Crippen LogP contribution in [0.15, 0.2) is 72.9 Å². The van der Waals surface area contributed by atoms with Gasteiger partial charge in [0.2, 0.25) is 0 Å². The third-order valence-electron chi connectivity index (χ3n) is 14.4. The molecule has 6 heteroatoms. The van der Waals surface area contributed by atoms with Crippen LogP contribution in [0.2, 0.25) is 0 Å². The van der Waals surface area contributed by atoms with E-state index < -0.39 is 6.10 Å². The summed E-state index contributed by atoms with van der Waals surface area (Å²) < 4.78 is 16.9. The van der Waals surface area contributed by atoms with Crippen molar-refractivity contribution in [1.29, 1.82) is 0 Å². The molecule has 0 aromatic carbocycles. The molecule has 0 N–H and O–H groups in total. The molecule has 0 amide bonds. The molecule has 0 aromatic rings. The van der Waals surface area contributed by atoms with E-state index in [9.17, 15) is 14.4 Å². The van der Waals surface area contributed by atoms with Crippen molar-refractivity contribution in [3.05, 3.63) is 72.9 Å². The van der Waals surface area contributed by atoms with Gasteiger partial charge in [-0.05, 0) is 83.5 Å². The molecule has 6 nitrogen and oxygen atoms in total. The number of esters is 3. The smallest absolute Gasteiger partial charge is 0.306 e. The largest absolute Gasteiger partial charge is 0.462 e. The van der Waals surface area contributed by atoms with Crippen molar-refractivity contribution in [2.45, 2.75) is 341 Å². The van der Waals surface area contributed by atoms with Crippen LogP contribution in [0.25, 0.3) is 0 Å². The van der Waals surface area contributed by atoms with E-state index in [0.29, 0.717) is 19.3 Å². The van der Waals surface area contributed by atoms with Crippen molar-refractivity contribution in [2.24, 2.45) is 0 Å². The molecular formula is C70H124O6. The number of hydrogen-bond donors (Lipinski definition) is 0. The third-order valence-corrected chi connectivity index (χ3v) is 14.4. The van der Waals surface area contributed by atoms with E-state index in [1.54, 1.807) is 0 Å². The molecule has 0 fully saturated rings. The van der Waals surface area contributed by atoms with Gasteiger partial charge in [-0.2, -0.15) is 0 Å². The Hall–Kier alpha value is -3.15.